The van der Waals surface area contributed by atoms with E-state index in [9.17, 15) is 31.5 Å². The molecule has 0 amide bonds. The molecule has 0 aliphatic heterocycles. The Morgan fingerprint density at radius 1 is 1.21 bits per heavy atom. The average Bonchev–Trinajstić information content (AvgIpc) is 2.26. The molecule has 0 aromatic carbocycles. The van der Waals surface area contributed by atoms with Crippen LogP contribution in [0.2, 0.25) is 0 Å². The Balaban J connectivity index is 2.62. The minimum absolute atomic E-state index is 0.124. The van der Waals surface area contributed by atoms with Gasteiger partial charge < -0.3 is 5.11 Å². The van der Waals surface area contributed by atoms with E-state index >= 15 is 0 Å². The Morgan fingerprint density at radius 2 is 1.79 bits per heavy atom. The second-order valence-electron chi connectivity index (χ2n) is 4.57. The number of carbonyl (C=O) groups excluding carboxylic acids is 1. The van der Waals surface area contributed by atoms with Gasteiger partial charge in [-0.2, -0.15) is 13.2 Å². The average molecular weight is 296 g/mol. The van der Waals surface area contributed by atoms with Crippen molar-refractivity contribution in [2.24, 2.45) is 5.92 Å². The Bertz CT molecular complexity index is 584. The van der Waals surface area contributed by atoms with Gasteiger partial charge in [0.1, 0.15) is 10.7 Å². The smallest absolute Gasteiger partial charge is 0.502 e. The molecule has 2 aliphatic rings. The Labute approximate surface area is 107 Å². The van der Waals surface area contributed by atoms with Crippen LogP contribution in [0.15, 0.2) is 22.3 Å². The lowest BCUT2D eigenvalue weighted by Crippen LogP contribution is -2.31. The van der Waals surface area contributed by atoms with Crippen molar-refractivity contribution < 1.29 is 31.5 Å². The van der Waals surface area contributed by atoms with Gasteiger partial charge in [0, 0.05) is 12.8 Å². The highest BCUT2D eigenvalue weighted by molar-refractivity contribution is 7.96. The molecule has 0 fully saturated rings. The van der Waals surface area contributed by atoms with Crippen molar-refractivity contribution in [3.63, 3.8) is 0 Å². The summed E-state index contributed by atoms with van der Waals surface area (Å²) in [6.07, 6.45) is 1.65. The lowest BCUT2D eigenvalue weighted by molar-refractivity contribution is -0.115. The first-order chi connectivity index (χ1) is 8.64. The Kier molecular flexibility index (Phi) is 3.24. The molecule has 2 rings (SSSR count). The molecule has 19 heavy (non-hydrogen) atoms. The van der Waals surface area contributed by atoms with Gasteiger partial charge in [-0.05, 0) is 30.4 Å². The molecular formula is C11H11F3O4S. The van der Waals surface area contributed by atoms with Crippen LogP contribution in [0.5, 0.6) is 0 Å². The van der Waals surface area contributed by atoms with E-state index in [1.165, 1.54) is 0 Å². The fourth-order valence-electron chi connectivity index (χ4n) is 2.40. The number of fused-ring (bicyclic) bond motifs is 1. The van der Waals surface area contributed by atoms with E-state index in [1.807, 2.05) is 0 Å². The number of aliphatic hydroxyl groups is 1. The molecule has 0 aromatic rings. The van der Waals surface area contributed by atoms with Gasteiger partial charge in [-0.3, -0.25) is 4.79 Å². The third-order valence-corrected chi connectivity index (χ3v) is 4.94. The molecule has 0 saturated heterocycles. The summed E-state index contributed by atoms with van der Waals surface area (Å²) in [6.45, 7) is 0. The standard InChI is InChI=1S/C11H11F3O4S/c12-11(13,14)19(17,18)10-8-5-7(15)3-1-6(8)2-4-9(10)16/h5-6,16H,1-4H2. The molecular weight excluding hydrogens is 285 g/mol. The second-order valence-corrected chi connectivity index (χ2v) is 6.44. The van der Waals surface area contributed by atoms with Crippen LogP contribution in [-0.4, -0.2) is 24.8 Å². The van der Waals surface area contributed by atoms with E-state index in [4.69, 9.17) is 0 Å². The fraction of sp³-hybridized carbons (Fsp3) is 0.545. The number of halogens is 3. The van der Waals surface area contributed by atoms with E-state index in [2.05, 4.69) is 0 Å². The third-order valence-electron chi connectivity index (χ3n) is 3.32. The van der Waals surface area contributed by atoms with Gasteiger partial charge >= 0.3 is 5.51 Å². The topological polar surface area (TPSA) is 71.4 Å². The maximum atomic E-state index is 12.6. The summed E-state index contributed by atoms with van der Waals surface area (Å²) >= 11 is 0. The molecule has 1 unspecified atom stereocenters. The molecule has 0 saturated carbocycles. The molecule has 0 aromatic heterocycles. The zero-order valence-electron chi connectivity index (χ0n) is 9.70. The van der Waals surface area contributed by atoms with Crippen LogP contribution >= 0.6 is 0 Å². The largest absolute Gasteiger partial charge is 0.511 e. The first kappa shape index (κ1) is 14.1. The zero-order valence-corrected chi connectivity index (χ0v) is 10.5. The van der Waals surface area contributed by atoms with Crippen LogP contribution in [0.4, 0.5) is 13.2 Å². The minimum atomic E-state index is -5.63. The van der Waals surface area contributed by atoms with Gasteiger partial charge in [0.15, 0.2) is 5.78 Å². The van der Waals surface area contributed by atoms with E-state index in [0.717, 1.165) is 6.08 Å². The highest BCUT2D eigenvalue weighted by Crippen LogP contribution is 2.44. The van der Waals surface area contributed by atoms with Gasteiger partial charge in [-0.15, -0.1) is 0 Å². The van der Waals surface area contributed by atoms with E-state index in [0.29, 0.717) is 12.8 Å². The van der Waals surface area contributed by atoms with Crippen molar-refractivity contribution in [1.29, 1.82) is 0 Å². The number of ketones is 1. The quantitative estimate of drug-likeness (QED) is 0.806. The highest BCUT2D eigenvalue weighted by Gasteiger charge is 2.52. The predicted octanol–water partition coefficient (Wildman–Crippen LogP) is 2.39. The third kappa shape index (κ3) is 2.29. The van der Waals surface area contributed by atoms with Crippen molar-refractivity contribution in [2.45, 2.75) is 31.2 Å². The van der Waals surface area contributed by atoms with Crippen molar-refractivity contribution >= 4 is 15.6 Å². The molecule has 106 valence electrons. The first-order valence-corrected chi connectivity index (χ1v) is 7.11. The molecule has 1 atom stereocenters. The van der Waals surface area contributed by atoms with Crippen LogP contribution in [0.3, 0.4) is 0 Å². The number of hydrogen-bond acceptors (Lipinski definition) is 4. The molecule has 0 heterocycles. The van der Waals surface area contributed by atoms with Gasteiger partial charge in [-0.1, -0.05) is 0 Å². The molecule has 2 aliphatic carbocycles. The monoisotopic (exact) mass is 296 g/mol. The Hall–Kier alpha value is -1.31. The van der Waals surface area contributed by atoms with E-state index in [-0.39, 0.29) is 18.4 Å². The summed E-state index contributed by atoms with van der Waals surface area (Å²) < 4.78 is 60.8. The minimum Gasteiger partial charge on any atom is -0.511 e. The van der Waals surface area contributed by atoms with Crippen LogP contribution in [0, 0.1) is 5.92 Å². The van der Waals surface area contributed by atoms with Crippen molar-refractivity contribution in [3.8, 4) is 0 Å². The zero-order chi connectivity index (χ0) is 14.4. The number of aliphatic hydroxyl groups excluding tert-OH is 1. The summed E-state index contributed by atoms with van der Waals surface area (Å²) in [5, 5.41) is 9.54. The van der Waals surface area contributed by atoms with Crippen molar-refractivity contribution in [3.05, 3.63) is 22.3 Å². The van der Waals surface area contributed by atoms with Crippen molar-refractivity contribution in [2.75, 3.05) is 0 Å². The van der Waals surface area contributed by atoms with Gasteiger partial charge in [0.25, 0.3) is 9.84 Å². The SMILES string of the molecule is O=C1C=C2C(S(=O)(=O)C(F)(F)F)=C(O)CCC2CC1. The Morgan fingerprint density at radius 3 is 2.37 bits per heavy atom. The fourth-order valence-corrected chi connectivity index (χ4v) is 3.58. The maximum Gasteiger partial charge on any atom is 0.502 e. The van der Waals surface area contributed by atoms with Crippen molar-refractivity contribution in [1.82, 2.24) is 0 Å². The molecule has 0 radical (unpaired) electrons. The molecule has 8 heteroatoms. The molecule has 0 bridgehead atoms. The number of rotatable bonds is 1. The highest BCUT2D eigenvalue weighted by atomic mass is 32.2. The summed E-state index contributed by atoms with van der Waals surface area (Å²) in [5.41, 5.74) is -5.68. The van der Waals surface area contributed by atoms with Gasteiger partial charge in [0.05, 0.1) is 0 Å². The number of hydrogen-bond donors (Lipinski definition) is 1. The van der Waals surface area contributed by atoms with Gasteiger partial charge in [0.2, 0.25) is 0 Å². The number of alkyl halides is 3. The predicted molar refractivity (Wildman–Crippen MR) is 59.7 cm³/mol. The summed E-state index contributed by atoms with van der Waals surface area (Å²) in [6, 6.07) is 0. The summed E-state index contributed by atoms with van der Waals surface area (Å²) in [4.78, 5) is 10.2. The second kappa shape index (κ2) is 4.36. The summed E-state index contributed by atoms with van der Waals surface area (Å²) in [5.74, 6) is -1.65. The molecule has 0 spiro atoms. The maximum absolute atomic E-state index is 12.6. The van der Waals surface area contributed by atoms with Crippen LogP contribution in [-0.2, 0) is 14.6 Å². The number of carbonyl (C=O) groups is 1. The first-order valence-electron chi connectivity index (χ1n) is 5.63. The molecule has 4 nitrogen and oxygen atoms in total. The number of allylic oxidation sites excluding steroid dienone is 3. The lowest BCUT2D eigenvalue weighted by atomic mass is 9.80. The molecule has 1 N–H and O–H groups in total. The van der Waals surface area contributed by atoms with Crippen LogP contribution in [0.25, 0.3) is 0 Å². The van der Waals surface area contributed by atoms with E-state index in [1.54, 1.807) is 0 Å². The lowest BCUT2D eigenvalue weighted by Gasteiger charge is -2.30. The normalized spacial score (nSPS) is 25.1. The van der Waals surface area contributed by atoms with Crippen LogP contribution in [0.1, 0.15) is 25.7 Å². The number of sulfone groups is 1. The van der Waals surface area contributed by atoms with Gasteiger partial charge in [-0.25, -0.2) is 8.42 Å². The van der Waals surface area contributed by atoms with E-state index < -0.39 is 37.7 Å². The van der Waals surface area contributed by atoms with Crippen LogP contribution < -0.4 is 0 Å². The summed E-state index contributed by atoms with van der Waals surface area (Å²) in [7, 11) is -5.63.